The predicted molar refractivity (Wildman–Crippen MR) is 101 cm³/mol. The summed E-state index contributed by atoms with van der Waals surface area (Å²) in [5.41, 5.74) is 4.98. The lowest BCUT2D eigenvalue weighted by Crippen LogP contribution is -2.27. The Morgan fingerprint density at radius 3 is 2.20 bits per heavy atom. The number of sulfonamides is 1. The van der Waals surface area contributed by atoms with Gasteiger partial charge in [-0.1, -0.05) is 24.3 Å². The van der Waals surface area contributed by atoms with Crippen molar-refractivity contribution in [1.29, 1.82) is 0 Å². The van der Waals surface area contributed by atoms with Crippen LogP contribution in [0.3, 0.4) is 0 Å². The predicted octanol–water partition coefficient (Wildman–Crippen LogP) is 3.47. The molecule has 6 heteroatoms. The van der Waals surface area contributed by atoms with Crippen LogP contribution in [0.4, 0.5) is 5.69 Å². The van der Waals surface area contributed by atoms with Crippen LogP contribution in [0, 0.1) is 20.8 Å². The first-order valence-electron chi connectivity index (χ1n) is 8.03. The molecular formula is C19H24N2O3S. The molecule has 134 valence electrons. The van der Waals surface area contributed by atoms with Crippen LogP contribution in [-0.2, 0) is 10.0 Å². The van der Waals surface area contributed by atoms with Crippen molar-refractivity contribution in [2.45, 2.75) is 33.7 Å². The normalized spacial score (nSPS) is 12.5. The van der Waals surface area contributed by atoms with Crippen LogP contribution in [0.15, 0.2) is 36.4 Å². The highest BCUT2D eigenvalue weighted by atomic mass is 32.2. The van der Waals surface area contributed by atoms with E-state index in [1.807, 2.05) is 32.9 Å². The van der Waals surface area contributed by atoms with E-state index in [2.05, 4.69) is 16.1 Å². The summed E-state index contributed by atoms with van der Waals surface area (Å²) in [5.74, 6) is -0.248. The smallest absolute Gasteiger partial charge is 0.251 e. The fourth-order valence-corrected chi connectivity index (χ4v) is 3.09. The Bertz CT molecular complexity index is 905. The van der Waals surface area contributed by atoms with Crippen LogP contribution in [0.5, 0.6) is 0 Å². The number of anilines is 1. The van der Waals surface area contributed by atoms with Crippen molar-refractivity contribution in [3.05, 3.63) is 64.2 Å². The highest BCUT2D eigenvalue weighted by Crippen LogP contribution is 2.20. The van der Waals surface area contributed by atoms with E-state index in [-0.39, 0.29) is 11.9 Å². The van der Waals surface area contributed by atoms with E-state index in [1.54, 1.807) is 25.1 Å². The van der Waals surface area contributed by atoms with Crippen molar-refractivity contribution < 1.29 is 13.2 Å². The van der Waals surface area contributed by atoms with Crippen LogP contribution >= 0.6 is 0 Å². The molecule has 0 heterocycles. The van der Waals surface area contributed by atoms with Gasteiger partial charge in [0.15, 0.2) is 0 Å². The van der Waals surface area contributed by atoms with Crippen LogP contribution in [0.25, 0.3) is 0 Å². The van der Waals surface area contributed by atoms with Crippen molar-refractivity contribution in [3.63, 3.8) is 0 Å². The average molecular weight is 360 g/mol. The first kappa shape index (κ1) is 19.0. The van der Waals surface area contributed by atoms with Crippen molar-refractivity contribution in [1.82, 2.24) is 5.32 Å². The summed E-state index contributed by atoms with van der Waals surface area (Å²) in [6.07, 6.45) is 1.08. The lowest BCUT2D eigenvalue weighted by molar-refractivity contribution is 0.0940. The second-order valence-corrected chi connectivity index (χ2v) is 8.19. The third-order valence-corrected chi connectivity index (χ3v) is 4.76. The van der Waals surface area contributed by atoms with Gasteiger partial charge < -0.3 is 5.32 Å². The van der Waals surface area contributed by atoms with Gasteiger partial charge in [-0.2, -0.15) is 0 Å². The minimum Gasteiger partial charge on any atom is -0.346 e. The number of rotatable bonds is 5. The van der Waals surface area contributed by atoms with E-state index in [0.717, 1.165) is 17.4 Å². The monoisotopic (exact) mass is 360 g/mol. The van der Waals surface area contributed by atoms with Crippen molar-refractivity contribution in [2.75, 3.05) is 11.0 Å². The average Bonchev–Trinajstić information content (AvgIpc) is 2.50. The lowest BCUT2D eigenvalue weighted by Gasteiger charge is -2.16. The standard InChI is InChI=1S/C19H24N2O3S/c1-12-6-8-16(10-14(12)3)15(4)20-19(22)17-9-7-13(2)18(11-17)21-25(5,23)24/h6-11,15,21H,1-5H3,(H,20,22)/t15-/m0/s1. The molecule has 2 aromatic rings. The van der Waals surface area contributed by atoms with Gasteiger partial charge in [0.1, 0.15) is 0 Å². The molecule has 0 spiro atoms. The Balaban J connectivity index is 2.20. The van der Waals surface area contributed by atoms with E-state index in [1.165, 1.54) is 11.1 Å². The molecule has 0 fully saturated rings. The largest absolute Gasteiger partial charge is 0.346 e. The summed E-state index contributed by atoms with van der Waals surface area (Å²) < 4.78 is 25.3. The molecule has 25 heavy (non-hydrogen) atoms. The molecular weight excluding hydrogens is 336 g/mol. The zero-order valence-electron chi connectivity index (χ0n) is 15.2. The van der Waals surface area contributed by atoms with Crippen molar-refractivity contribution in [3.8, 4) is 0 Å². The zero-order chi connectivity index (χ0) is 18.8. The fraction of sp³-hybridized carbons (Fsp3) is 0.316. The number of amides is 1. The minimum atomic E-state index is -3.40. The Morgan fingerprint density at radius 1 is 0.960 bits per heavy atom. The molecule has 0 unspecified atom stereocenters. The maximum absolute atomic E-state index is 12.5. The Morgan fingerprint density at radius 2 is 1.60 bits per heavy atom. The Kier molecular flexibility index (Phi) is 5.52. The lowest BCUT2D eigenvalue weighted by atomic mass is 10.0. The summed E-state index contributed by atoms with van der Waals surface area (Å²) in [6.45, 7) is 7.79. The van der Waals surface area contributed by atoms with E-state index in [0.29, 0.717) is 11.3 Å². The molecule has 0 saturated carbocycles. The van der Waals surface area contributed by atoms with E-state index < -0.39 is 10.0 Å². The molecule has 1 atom stereocenters. The summed E-state index contributed by atoms with van der Waals surface area (Å²) in [6, 6.07) is 10.9. The first-order chi connectivity index (χ1) is 11.6. The third-order valence-electron chi connectivity index (χ3n) is 4.17. The third kappa shape index (κ3) is 5.06. The van der Waals surface area contributed by atoms with Crippen molar-refractivity contribution in [2.24, 2.45) is 0 Å². The Labute approximate surface area is 149 Å². The van der Waals surface area contributed by atoms with Crippen LogP contribution in [0.1, 0.15) is 45.6 Å². The fourth-order valence-electron chi connectivity index (χ4n) is 2.47. The Hall–Kier alpha value is -2.34. The molecule has 2 aromatic carbocycles. The maximum atomic E-state index is 12.5. The van der Waals surface area contributed by atoms with Gasteiger partial charge in [0.25, 0.3) is 5.91 Å². The molecule has 0 radical (unpaired) electrons. The highest BCUT2D eigenvalue weighted by molar-refractivity contribution is 7.92. The summed E-state index contributed by atoms with van der Waals surface area (Å²) in [4.78, 5) is 12.5. The second kappa shape index (κ2) is 7.27. The van der Waals surface area contributed by atoms with Gasteiger partial charge in [-0.15, -0.1) is 0 Å². The van der Waals surface area contributed by atoms with Gasteiger partial charge in [0.05, 0.1) is 18.0 Å². The summed E-state index contributed by atoms with van der Waals surface area (Å²) in [5, 5.41) is 2.95. The van der Waals surface area contributed by atoms with Crippen LogP contribution in [-0.4, -0.2) is 20.6 Å². The van der Waals surface area contributed by atoms with E-state index in [4.69, 9.17) is 0 Å². The van der Waals surface area contributed by atoms with E-state index in [9.17, 15) is 13.2 Å². The molecule has 2 N–H and O–H groups in total. The molecule has 1 amide bonds. The molecule has 0 aliphatic rings. The number of carbonyl (C=O) groups excluding carboxylic acids is 1. The van der Waals surface area contributed by atoms with Crippen LogP contribution < -0.4 is 10.0 Å². The number of nitrogens with one attached hydrogen (secondary N) is 2. The number of aryl methyl sites for hydroxylation is 3. The zero-order valence-corrected chi connectivity index (χ0v) is 16.0. The number of hydrogen-bond donors (Lipinski definition) is 2. The SMILES string of the molecule is Cc1ccc([C@H](C)NC(=O)c2ccc(C)c(NS(C)(=O)=O)c2)cc1C. The highest BCUT2D eigenvalue weighted by Gasteiger charge is 2.14. The summed E-state index contributed by atoms with van der Waals surface area (Å²) in [7, 11) is -3.40. The van der Waals surface area contributed by atoms with Crippen molar-refractivity contribution >= 4 is 21.6 Å². The van der Waals surface area contributed by atoms with E-state index >= 15 is 0 Å². The van der Waals surface area contributed by atoms with Gasteiger partial charge >= 0.3 is 0 Å². The molecule has 0 aliphatic carbocycles. The van der Waals surface area contributed by atoms with Gasteiger partial charge in [0.2, 0.25) is 10.0 Å². The number of carbonyl (C=O) groups is 1. The first-order valence-corrected chi connectivity index (χ1v) is 9.92. The molecule has 0 saturated heterocycles. The molecule has 5 nitrogen and oxygen atoms in total. The summed E-state index contributed by atoms with van der Waals surface area (Å²) >= 11 is 0. The quantitative estimate of drug-likeness (QED) is 0.857. The second-order valence-electron chi connectivity index (χ2n) is 6.44. The topological polar surface area (TPSA) is 75.3 Å². The molecule has 0 bridgehead atoms. The molecule has 0 aromatic heterocycles. The molecule has 2 rings (SSSR count). The van der Waals surface area contributed by atoms with Crippen LogP contribution in [0.2, 0.25) is 0 Å². The maximum Gasteiger partial charge on any atom is 0.251 e. The van der Waals surface area contributed by atoms with Gasteiger partial charge in [0, 0.05) is 5.56 Å². The van der Waals surface area contributed by atoms with Gasteiger partial charge in [-0.05, 0) is 62.1 Å². The number of benzene rings is 2. The minimum absolute atomic E-state index is 0.153. The molecule has 0 aliphatic heterocycles. The van der Waals surface area contributed by atoms with Gasteiger partial charge in [-0.25, -0.2) is 8.42 Å². The number of hydrogen-bond acceptors (Lipinski definition) is 3. The van der Waals surface area contributed by atoms with Gasteiger partial charge in [-0.3, -0.25) is 9.52 Å².